The lowest BCUT2D eigenvalue weighted by atomic mass is 9.95. The predicted octanol–water partition coefficient (Wildman–Crippen LogP) is 4.94. The second kappa shape index (κ2) is 8.78. The molecular formula is C26H22FNO5. The monoisotopic (exact) mass is 447 g/mol. The standard InChI is InChI=1S/C26H22FNO5/c1-15(2)33-21-8-3-5-17(13-21)24(30)22-23(16-9-11-20(29)12-10-16)28(26(32)25(22)31)19-7-4-6-18(27)14-19/h3-15,23,29-30H,1-2H3/b24-22+. The summed E-state index contributed by atoms with van der Waals surface area (Å²) in [4.78, 5) is 27.3. The molecule has 33 heavy (non-hydrogen) atoms. The van der Waals surface area contributed by atoms with Crippen LogP contribution in [0.3, 0.4) is 0 Å². The zero-order chi connectivity index (χ0) is 23.7. The van der Waals surface area contributed by atoms with E-state index in [2.05, 4.69) is 0 Å². The quantitative estimate of drug-likeness (QED) is 0.329. The number of aliphatic hydroxyl groups excluding tert-OH is 1. The molecule has 1 amide bonds. The van der Waals surface area contributed by atoms with Crippen molar-refractivity contribution in [2.75, 3.05) is 4.90 Å². The zero-order valence-corrected chi connectivity index (χ0v) is 18.0. The molecule has 0 radical (unpaired) electrons. The zero-order valence-electron chi connectivity index (χ0n) is 18.0. The Morgan fingerprint density at radius 1 is 1.00 bits per heavy atom. The Labute approximate surface area is 190 Å². The molecule has 0 spiro atoms. The molecule has 1 heterocycles. The number of amides is 1. The van der Waals surface area contributed by atoms with Crippen molar-refractivity contribution >= 4 is 23.1 Å². The van der Waals surface area contributed by atoms with Crippen LogP contribution in [0.2, 0.25) is 0 Å². The number of halogens is 1. The molecule has 168 valence electrons. The first-order valence-corrected chi connectivity index (χ1v) is 10.4. The molecule has 6 nitrogen and oxygen atoms in total. The van der Waals surface area contributed by atoms with Crippen LogP contribution in [0.1, 0.15) is 31.0 Å². The lowest BCUT2D eigenvalue weighted by Gasteiger charge is -2.25. The van der Waals surface area contributed by atoms with E-state index >= 15 is 0 Å². The SMILES string of the molecule is CC(C)Oc1cccc(/C(O)=C2\C(=O)C(=O)N(c3cccc(F)c3)C2c2ccc(O)cc2)c1. The highest BCUT2D eigenvalue weighted by molar-refractivity contribution is 6.51. The van der Waals surface area contributed by atoms with E-state index in [1.807, 2.05) is 13.8 Å². The first-order valence-electron chi connectivity index (χ1n) is 10.4. The van der Waals surface area contributed by atoms with E-state index in [1.54, 1.807) is 36.4 Å². The van der Waals surface area contributed by atoms with Crippen molar-refractivity contribution in [2.45, 2.75) is 26.0 Å². The normalized spacial score (nSPS) is 17.6. The molecule has 0 aromatic heterocycles. The molecule has 1 saturated heterocycles. The lowest BCUT2D eigenvalue weighted by molar-refractivity contribution is -0.132. The molecule has 1 unspecified atom stereocenters. The molecule has 1 atom stereocenters. The smallest absolute Gasteiger partial charge is 0.300 e. The molecule has 3 aromatic carbocycles. The number of phenols is 1. The Kier molecular flexibility index (Phi) is 5.87. The maximum absolute atomic E-state index is 14.0. The number of ketones is 1. The van der Waals surface area contributed by atoms with Crippen LogP contribution in [-0.4, -0.2) is 28.0 Å². The molecule has 0 bridgehead atoms. The fourth-order valence-corrected chi connectivity index (χ4v) is 3.84. The van der Waals surface area contributed by atoms with Crippen LogP contribution in [0.5, 0.6) is 11.5 Å². The summed E-state index contributed by atoms with van der Waals surface area (Å²) in [5.41, 5.74) is 0.796. The number of carbonyl (C=O) groups is 2. The number of phenolic OH excluding ortho intramolecular Hbond substituents is 1. The molecule has 1 aliphatic rings. The van der Waals surface area contributed by atoms with Gasteiger partial charge in [-0.1, -0.05) is 30.3 Å². The van der Waals surface area contributed by atoms with Gasteiger partial charge in [-0.15, -0.1) is 0 Å². The number of Topliss-reactive ketones (excluding diaryl/α,β-unsaturated/α-hetero) is 1. The van der Waals surface area contributed by atoms with E-state index in [1.165, 1.54) is 30.3 Å². The van der Waals surface area contributed by atoms with Gasteiger partial charge in [-0.3, -0.25) is 14.5 Å². The average molecular weight is 447 g/mol. The van der Waals surface area contributed by atoms with Gasteiger partial charge in [0.2, 0.25) is 0 Å². The van der Waals surface area contributed by atoms with E-state index in [0.717, 1.165) is 11.0 Å². The highest BCUT2D eigenvalue weighted by Crippen LogP contribution is 2.42. The van der Waals surface area contributed by atoms with Crippen LogP contribution in [0.25, 0.3) is 5.76 Å². The maximum atomic E-state index is 14.0. The van der Waals surface area contributed by atoms with Crippen molar-refractivity contribution < 1.29 is 28.9 Å². The van der Waals surface area contributed by atoms with Gasteiger partial charge in [0.05, 0.1) is 17.7 Å². The number of carbonyl (C=O) groups excluding carboxylic acids is 2. The van der Waals surface area contributed by atoms with E-state index < -0.39 is 23.5 Å². The van der Waals surface area contributed by atoms with Gasteiger partial charge in [0.1, 0.15) is 23.1 Å². The molecule has 3 aromatic rings. The van der Waals surface area contributed by atoms with Gasteiger partial charge in [-0.25, -0.2) is 4.39 Å². The Balaban J connectivity index is 1.91. The highest BCUT2D eigenvalue weighted by Gasteiger charge is 2.47. The first kappa shape index (κ1) is 22.1. The number of aliphatic hydroxyl groups is 1. The third-order valence-electron chi connectivity index (χ3n) is 5.22. The van der Waals surface area contributed by atoms with Gasteiger partial charge in [-0.2, -0.15) is 0 Å². The molecule has 0 aliphatic carbocycles. The number of rotatable bonds is 5. The van der Waals surface area contributed by atoms with Crippen molar-refractivity contribution in [2.24, 2.45) is 0 Å². The molecular weight excluding hydrogens is 425 g/mol. The van der Waals surface area contributed by atoms with Crippen LogP contribution in [0, 0.1) is 5.82 Å². The van der Waals surface area contributed by atoms with Crippen molar-refractivity contribution in [3.8, 4) is 11.5 Å². The Bertz CT molecular complexity index is 1250. The molecule has 2 N–H and O–H groups in total. The summed E-state index contributed by atoms with van der Waals surface area (Å²) in [5.74, 6) is -2.24. The molecule has 0 saturated carbocycles. The number of nitrogens with zero attached hydrogens (tertiary/aromatic N) is 1. The number of anilines is 1. The van der Waals surface area contributed by atoms with Crippen LogP contribution in [0.4, 0.5) is 10.1 Å². The van der Waals surface area contributed by atoms with E-state index in [9.17, 15) is 24.2 Å². The summed E-state index contributed by atoms with van der Waals surface area (Å²) in [6, 6.07) is 16.8. The number of ether oxygens (including phenoxy) is 1. The van der Waals surface area contributed by atoms with Gasteiger partial charge < -0.3 is 14.9 Å². The first-order chi connectivity index (χ1) is 15.8. The topological polar surface area (TPSA) is 87.1 Å². The van der Waals surface area contributed by atoms with Crippen molar-refractivity contribution in [3.63, 3.8) is 0 Å². The van der Waals surface area contributed by atoms with Gasteiger partial charge >= 0.3 is 0 Å². The second-order valence-electron chi connectivity index (χ2n) is 7.93. The van der Waals surface area contributed by atoms with Gasteiger partial charge in [-0.05, 0) is 61.9 Å². The number of benzene rings is 3. The minimum atomic E-state index is -1.03. The number of hydrogen-bond donors (Lipinski definition) is 2. The van der Waals surface area contributed by atoms with Crippen molar-refractivity contribution in [1.29, 1.82) is 0 Å². The van der Waals surface area contributed by atoms with Crippen molar-refractivity contribution in [1.82, 2.24) is 0 Å². The Hall–Kier alpha value is -4.13. The summed E-state index contributed by atoms with van der Waals surface area (Å²) in [6.45, 7) is 3.73. The summed E-state index contributed by atoms with van der Waals surface area (Å²) in [6.07, 6.45) is -0.0991. The summed E-state index contributed by atoms with van der Waals surface area (Å²) < 4.78 is 19.6. The summed E-state index contributed by atoms with van der Waals surface area (Å²) in [7, 11) is 0. The molecule has 7 heteroatoms. The van der Waals surface area contributed by atoms with Crippen LogP contribution in [0.15, 0.2) is 78.4 Å². The van der Waals surface area contributed by atoms with E-state index in [4.69, 9.17) is 4.74 Å². The molecule has 1 fully saturated rings. The minimum absolute atomic E-state index is 0.00000697. The largest absolute Gasteiger partial charge is 0.508 e. The van der Waals surface area contributed by atoms with Gasteiger partial charge in [0.15, 0.2) is 0 Å². The van der Waals surface area contributed by atoms with E-state index in [0.29, 0.717) is 16.9 Å². The van der Waals surface area contributed by atoms with E-state index in [-0.39, 0.29) is 28.9 Å². The third-order valence-corrected chi connectivity index (χ3v) is 5.22. The van der Waals surface area contributed by atoms with Crippen LogP contribution >= 0.6 is 0 Å². The fourth-order valence-electron chi connectivity index (χ4n) is 3.84. The van der Waals surface area contributed by atoms with Crippen LogP contribution in [-0.2, 0) is 9.59 Å². The maximum Gasteiger partial charge on any atom is 0.300 e. The summed E-state index contributed by atoms with van der Waals surface area (Å²) >= 11 is 0. The average Bonchev–Trinajstić information content (AvgIpc) is 3.04. The molecule has 4 rings (SSSR count). The summed E-state index contributed by atoms with van der Waals surface area (Å²) in [5, 5.41) is 20.9. The lowest BCUT2D eigenvalue weighted by Crippen LogP contribution is -2.29. The fraction of sp³-hybridized carbons (Fsp3) is 0.154. The Morgan fingerprint density at radius 3 is 2.36 bits per heavy atom. The van der Waals surface area contributed by atoms with Gasteiger partial charge in [0, 0.05) is 11.3 Å². The van der Waals surface area contributed by atoms with Crippen molar-refractivity contribution in [3.05, 3.63) is 95.3 Å². The second-order valence-corrected chi connectivity index (χ2v) is 7.93. The Morgan fingerprint density at radius 2 is 1.70 bits per heavy atom. The van der Waals surface area contributed by atoms with Crippen LogP contribution < -0.4 is 9.64 Å². The number of hydrogen-bond acceptors (Lipinski definition) is 5. The number of aromatic hydroxyl groups is 1. The highest BCUT2D eigenvalue weighted by atomic mass is 19.1. The predicted molar refractivity (Wildman–Crippen MR) is 121 cm³/mol. The van der Waals surface area contributed by atoms with Gasteiger partial charge in [0.25, 0.3) is 11.7 Å². The minimum Gasteiger partial charge on any atom is -0.508 e. The molecule has 1 aliphatic heterocycles. The third kappa shape index (κ3) is 4.30.